The zero-order valence-electron chi connectivity index (χ0n) is 23.4. The maximum absolute atomic E-state index is 13.1. The molecule has 14 nitrogen and oxygen atoms in total. The number of nitro groups is 1. The number of hydrogen-bond donors (Lipinski definition) is 1. The molecule has 0 spiro atoms. The Bertz CT molecular complexity index is 1800. The van der Waals surface area contributed by atoms with E-state index in [9.17, 15) is 28.1 Å². The number of halogens is 3. The number of hydrogen-bond acceptors (Lipinski definition) is 12. The molecular weight excluding hydrogens is 621 g/mol. The molecule has 0 aliphatic carbocycles. The highest BCUT2D eigenvalue weighted by molar-refractivity contribution is 7.17. The smallest absolute Gasteiger partial charge is 0.417 e. The third-order valence-electron chi connectivity index (χ3n) is 6.00. The molecule has 0 unspecified atom stereocenters. The molecule has 5 aromatic heterocycles. The number of rotatable bonds is 13. The van der Waals surface area contributed by atoms with Gasteiger partial charge in [-0.15, -0.1) is 0 Å². The summed E-state index contributed by atoms with van der Waals surface area (Å²) in [5.41, 5.74) is -0.418. The van der Waals surface area contributed by atoms with Crippen LogP contribution in [0.5, 0.6) is 5.88 Å². The van der Waals surface area contributed by atoms with Crippen molar-refractivity contribution >= 4 is 39.1 Å². The van der Waals surface area contributed by atoms with Crippen LogP contribution in [0.15, 0.2) is 55.0 Å². The van der Waals surface area contributed by atoms with Crippen molar-refractivity contribution in [2.75, 3.05) is 38.4 Å². The zero-order valence-corrected chi connectivity index (χ0v) is 24.2. The van der Waals surface area contributed by atoms with Crippen molar-refractivity contribution in [2.45, 2.75) is 13.1 Å². The number of carbonyl (C=O) groups excluding carboxylic acids is 1. The minimum absolute atomic E-state index is 0.00116. The van der Waals surface area contributed by atoms with Crippen LogP contribution < -0.4 is 10.1 Å². The molecule has 5 aromatic rings. The minimum atomic E-state index is -4.58. The van der Waals surface area contributed by atoms with Gasteiger partial charge in [0, 0.05) is 36.7 Å². The molecular formula is C27H23F3N8O6S. The number of nitrogens with one attached hydrogen (secondary N) is 1. The topological polar surface area (TPSA) is 169 Å². The number of ether oxygens (including phenoxy) is 3. The molecule has 45 heavy (non-hydrogen) atoms. The molecule has 5 heterocycles. The summed E-state index contributed by atoms with van der Waals surface area (Å²) in [6.45, 7) is 3.99. The number of pyridine rings is 2. The normalized spacial score (nSPS) is 11.6. The lowest BCUT2D eigenvalue weighted by molar-refractivity contribution is -0.380. The Morgan fingerprint density at radius 3 is 2.47 bits per heavy atom. The Labute approximate surface area is 256 Å². The Balaban J connectivity index is 1.44. The van der Waals surface area contributed by atoms with Gasteiger partial charge in [0.1, 0.15) is 12.4 Å². The lowest BCUT2D eigenvalue weighted by Gasteiger charge is -2.10. The highest BCUT2D eigenvalue weighted by atomic mass is 32.1. The SMILES string of the molecule is CCOCCOCCOc1ccc(-c2nc(NC(=O)c3ccc([N+](=O)[O-])s3)c3cnn(-c4ccc(C(F)(F)F)cn4)c3n2)cn1. The first-order chi connectivity index (χ1) is 21.6. The summed E-state index contributed by atoms with van der Waals surface area (Å²) in [6, 6.07) is 7.72. The van der Waals surface area contributed by atoms with Gasteiger partial charge in [0.05, 0.1) is 46.8 Å². The van der Waals surface area contributed by atoms with Crippen molar-refractivity contribution in [1.82, 2.24) is 29.7 Å². The van der Waals surface area contributed by atoms with Gasteiger partial charge in [-0.25, -0.2) is 19.9 Å². The van der Waals surface area contributed by atoms with Crippen molar-refractivity contribution in [3.63, 3.8) is 0 Å². The number of thiophene rings is 1. The van der Waals surface area contributed by atoms with E-state index in [1.807, 2.05) is 6.92 Å². The van der Waals surface area contributed by atoms with Crippen LogP contribution in [0.1, 0.15) is 22.2 Å². The minimum Gasteiger partial charge on any atom is -0.475 e. The van der Waals surface area contributed by atoms with Gasteiger partial charge in [-0.2, -0.15) is 23.0 Å². The average Bonchev–Trinajstić information content (AvgIpc) is 3.69. The maximum Gasteiger partial charge on any atom is 0.417 e. The average molecular weight is 645 g/mol. The highest BCUT2D eigenvalue weighted by Crippen LogP contribution is 2.31. The molecule has 0 aliphatic heterocycles. The van der Waals surface area contributed by atoms with E-state index in [-0.39, 0.29) is 45.0 Å². The molecule has 0 saturated carbocycles. The van der Waals surface area contributed by atoms with Gasteiger partial charge >= 0.3 is 11.2 Å². The van der Waals surface area contributed by atoms with E-state index in [1.165, 1.54) is 29.2 Å². The monoisotopic (exact) mass is 644 g/mol. The van der Waals surface area contributed by atoms with Gasteiger partial charge in [-0.1, -0.05) is 11.3 Å². The maximum atomic E-state index is 13.1. The third-order valence-corrected chi connectivity index (χ3v) is 7.03. The molecule has 1 N–H and O–H groups in total. The second-order valence-electron chi connectivity index (χ2n) is 8.98. The molecule has 18 heteroatoms. The van der Waals surface area contributed by atoms with Crippen molar-refractivity contribution in [3.05, 3.63) is 75.5 Å². The number of nitrogens with zero attached hydrogens (tertiary/aromatic N) is 7. The molecule has 0 atom stereocenters. The Hall–Kier alpha value is -5.07. The van der Waals surface area contributed by atoms with Crippen LogP contribution in [0.4, 0.5) is 24.0 Å². The Morgan fingerprint density at radius 1 is 1.00 bits per heavy atom. The molecule has 234 valence electrons. The van der Waals surface area contributed by atoms with E-state index in [0.717, 1.165) is 12.1 Å². The summed E-state index contributed by atoms with van der Waals surface area (Å²) in [7, 11) is 0. The number of alkyl halides is 3. The van der Waals surface area contributed by atoms with Gasteiger partial charge in [-0.3, -0.25) is 14.9 Å². The number of fused-ring (bicyclic) bond motifs is 1. The number of amides is 1. The summed E-state index contributed by atoms with van der Waals surface area (Å²) < 4.78 is 56.7. The molecule has 0 saturated heterocycles. The van der Waals surface area contributed by atoms with Crippen LogP contribution in [0.2, 0.25) is 0 Å². The summed E-state index contributed by atoms with van der Waals surface area (Å²) in [4.78, 5) is 40.7. The van der Waals surface area contributed by atoms with Crippen LogP contribution >= 0.6 is 11.3 Å². The number of anilines is 1. The first-order valence-corrected chi connectivity index (χ1v) is 14.1. The Kier molecular flexibility index (Phi) is 9.55. The first-order valence-electron chi connectivity index (χ1n) is 13.2. The summed E-state index contributed by atoms with van der Waals surface area (Å²) in [6.07, 6.45) is -1.15. The van der Waals surface area contributed by atoms with Crippen molar-refractivity contribution in [3.8, 4) is 23.1 Å². The van der Waals surface area contributed by atoms with Crippen LogP contribution in [-0.4, -0.2) is 73.6 Å². The second-order valence-corrected chi connectivity index (χ2v) is 10.0. The van der Waals surface area contributed by atoms with Gasteiger partial charge < -0.3 is 19.5 Å². The van der Waals surface area contributed by atoms with Crippen molar-refractivity contribution in [2.24, 2.45) is 0 Å². The van der Waals surface area contributed by atoms with Gasteiger partial charge in [0.2, 0.25) is 5.88 Å². The molecule has 0 aliphatic rings. The molecule has 0 radical (unpaired) electrons. The lowest BCUT2D eigenvalue weighted by atomic mass is 10.2. The predicted molar refractivity (Wildman–Crippen MR) is 154 cm³/mol. The third kappa shape index (κ3) is 7.54. The summed E-state index contributed by atoms with van der Waals surface area (Å²) in [5.74, 6) is -0.260. The highest BCUT2D eigenvalue weighted by Gasteiger charge is 2.31. The van der Waals surface area contributed by atoms with Crippen molar-refractivity contribution < 1.29 is 37.1 Å². The molecule has 5 rings (SSSR count). The fraction of sp³-hybridized carbons (Fsp3) is 0.259. The fourth-order valence-corrected chi connectivity index (χ4v) is 4.58. The van der Waals surface area contributed by atoms with E-state index >= 15 is 0 Å². The second kappa shape index (κ2) is 13.7. The van der Waals surface area contributed by atoms with E-state index in [4.69, 9.17) is 14.2 Å². The quantitative estimate of drug-likeness (QED) is 0.105. The number of aromatic nitrogens is 6. The standard InChI is InChI=1S/C27H23F3N8O6S/c1-2-42-9-10-43-11-12-44-21-7-3-16(13-32-21)23-34-24(36-26(39)19-5-8-22(45-19)38(40)41)18-15-33-37(25(18)35-23)20-6-4-17(14-31-20)27(28,29)30/h3-8,13-15H,2,9-12H2,1H3,(H,34,35,36,39). The van der Waals surface area contributed by atoms with Crippen LogP contribution in [0, 0.1) is 10.1 Å². The fourth-order valence-electron chi connectivity index (χ4n) is 3.86. The number of carbonyl (C=O) groups is 1. The molecule has 0 aromatic carbocycles. The largest absolute Gasteiger partial charge is 0.475 e. The molecule has 0 bridgehead atoms. The molecule has 1 amide bonds. The van der Waals surface area contributed by atoms with Crippen molar-refractivity contribution in [1.29, 1.82) is 0 Å². The van der Waals surface area contributed by atoms with E-state index in [1.54, 1.807) is 12.1 Å². The summed E-state index contributed by atoms with van der Waals surface area (Å²) in [5, 5.41) is 17.9. The Morgan fingerprint density at radius 2 is 1.80 bits per heavy atom. The van der Waals surface area contributed by atoms with E-state index < -0.39 is 22.6 Å². The van der Waals surface area contributed by atoms with Gasteiger partial charge in [0.15, 0.2) is 17.3 Å². The van der Waals surface area contributed by atoms with Crippen LogP contribution in [0.3, 0.4) is 0 Å². The van der Waals surface area contributed by atoms with Crippen LogP contribution in [-0.2, 0) is 15.7 Å². The van der Waals surface area contributed by atoms with E-state index in [2.05, 4.69) is 30.4 Å². The predicted octanol–water partition coefficient (Wildman–Crippen LogP) is 4.95. The molecule has 0 fully saturated rings. The summed E-state index contributed by atoms with van der Waals surface area (Å²) >= 11 is 0.678. The zero-order chi connectivity index (χ0) is 32.0. The van der Waals surface area contributed by atoms with E-state index in [0.29, 0.717) is 55.4 Å². The van der Waals surface area contributed by atoms with Crippen LogP contribution in [0.25, 0.3) is 28.2 Å². The first kappa shape index (κ1) is 31.4. The van der Waals surface area contributed by atoms with Gasteiger partial charge in [0.25, 0.3) is 5.91 Å². The van der Waals surface area contributed by atoms with Gasteiger partial charge in [-0.05, 0) is 31.2 Å². The lowest BCUT2D eigenvalue weighted by Crippen LogP contribution is -2.13.